The van der Waals surface area contributed by atoms with Crippen LogP contribution in [0.15, 0.2) is 23.1 Å². The van der Waals surface area contributed by atoms with E-state index in [-0.39, 0.29) is 17.2 Å². The van der Waals surface area contributed by atoms with Crippen molar-refractivity contribution < 1.29 is 9.59 Å². The van der Waals surface area contributed by atoms with Crippen molar-refractivity contribution in [3.63, 3.8) is 0 Å². The van der Waals surface area contributed by atoms with Crippen LogP contribution in [0.4, 0.5) is 5.69 Å². The van der Waals surface area contributed by atoms with Crippen LogP contribution in [0, 0.1) is 6.92 Å². The minimum Gasteiger partial charge on any atom is -0.354 e. The van der Waals surface area contributed by atoms with Gasteiger partial charge in [-0.15, -0.1) is 0 Å². The van der Waals surface area contributed by atoms with E-state index >= 15 is 0 Å². The quantitative estimate of drug-likeness (QED) is 0.905. The van der Waals surface area contributed by atoms with E-state index in [1.807, 2.05) is 6.92 Å². The molecule has 6 nitrogen and oxygen atoms in total. The van der Waals surface area contributed by atoms with Gasteiger partial charge in [-0.1, -0.05) is 6.92 Å². The molecule has 0 saturated carbocycles. The molecular weight excluding hydrogens is 306 g/mol. The third-order valence-corrected chi connectivity index (χ3v) is 4.37. The number of aromatic nitrogens is 2. The fourth-order valence-electron chi connectivity index (χ4n) is 3.22. The lowest BCUT2D eigenvalue weighted by molar-refractivity contribution is 0.0971. The highest BCUT2D eigenvalue weighted by Gasteiger charge is 2.26. The number of Topliss-reactive ketones (excluding diaryl/α,β-unsaturated/α-hetero) is 1. The van der Waals surface area contributed by atoms with Gasteiger partial charge in [0, 0.05) is 36.5 Å². The highest BCUT2D eigenvalue weighted by Crippen LogP contribution is 2.26. The molecule has 126 valence electrons. The molecule has 0 atom stereocenters. The van der Waals surface area contributed by atoms with E-state index < -0.39 is 0 Å². The van der Waals surface area contributed by atoms with Gasteiger partial charge in [-0.2, -0.15) is 0 Å². The van der Waals surface area contributed by atoms with Gasteiger partial charge in [-0.05, 0) is 37.8 Å². The van der Waals surface area contributed by atoms with Crippen LogP contribution < -0.4 is 10.9 Å². The van der Waals surface area contributed by atoms with E-state index in [9.17, 15) is 14.4 Å². The molecule has 1 amide bonds. The summed E-state index contributed by atoms with van der Waals surface area (Å²) >= 11 is 0. The Morgan fingerprint density at radius 1 is 1.29 bits per heavy atom. The van der Waals surface area contributed by atoms with Crippen LogP contribution in [0.2, 0.25) is 0 Å². The van der Waals surface area contributed by atoms with Crippen LogP contribution >= 0.6 is 0 Å². The lowest BCUT2D eigenvalue weighted by atomic mass is 9.94. The Morgan fingerprint density at radius 2 is 2.08 bits per heavy atom. The first kappa shape index (κ1) is 16.2. The van der Waals surface area contributed by atoms with Gasteiger partial charge in [0.2, 0.25) is 0 Å². The molecule has 6 heteroatoms. The molecule has 0 unspecified atom stereocenters. The SMILES string of the molecule is CCCn1cc(NC(=O)c2[nH]c3c(c2C)C(=O)CCC3)ccc1=O. The number of pyridine rings is 1. The number of aryl methyl sites for hydroxylation is 2. The van der Waals surface area contributed by atoms with Gasteiger partial charge in [-0.25, -0.2) is 0 Å². The third kappa shape index (κ3) is 2.91. The normalized spacial score (nSPS) is 13.7. The molecule has 2 heterocycles. The number of carbonyl (C=O) groups is 2. The summed E-state index contributed by atoms with van der Waals surface area (Å²) in [5.74, 6) is -0.197. The van der Waals surface area contributed by atoms with Crippen LogP contribution in [0.1, 0.15) is 58.3 Å². The molecule has 0 radical (unpaired) electrons. The second-order valence-electron chi connectivity index (χ2n) is 6.16. The molecule has 0 spiro atoms. The van der Waals surface area contributed by atoms with E-state index in [4.69, 9.17) is 0 Å². The smallest absolute Gasteiger partial charge is 0.272 e. The number of rotatable bonds is 4. The van der Waals surface area contributed by atoms with Crippen molar-refractivity contribution in [1.29, 1.82) is 0 Å². The molecule has 2 aromatic heterocycles. The van der Waals surface area contributed by atoms with Crippen LogP contribution in [0.3, 0.4) is 0 Å². The number of H-pyrrole nitrogens is 1. The van der Waals surface area contributed by atoms with Crippen LogP contribution in [-0.4, -0.2) is 21.2 Å². The fourth-order valence-corrected chi connectivity index (χ4v) is 3.22. The van der Waals surface area contributed by atoms with Crippen molar-refractivity contribution >= 4 is 17.4 Å². The summed E-state index contributed by atoms with van der Waals surface area (Å²) in [5, 5.41) is 2.81. The Morgan fingerprint density at radius 3 is 2.79 bits per heavy atom. The topological polar surface area (TPSA) is 84.0 Å². The molecule has 3 rings (SSSR count). The van der Waals surface area contributed by atoms with Crippen LogP contribution in [-0.2, 0) is 13.0 Å². The number of anilines is 1. The van der Waals surface area contributed by atoms with Crippen molar-refractivity contribution in [1.82, 2.24) is 9.55 Å². The monoisotopic (exact) mass is 327 g/mol. The van der Waals surface area contributed by atoms with Gasteiger partial charge in [0.1, 0.15) is 5.69 Å². The molecule has 2 N–H and O–H groups in total. The molecular formula is C18H21N3O3. The summed E-state index contributed by atoms with van der Waals surface area (Å²) in [4.78, 5) is 39.5. The molecule has 24 heavy (non-hydrogen) atoms. The number of nitrogens with one attached hydrogen (secondary N) is 2. The summed E-state index contributed by atoms with van der Waals surface area (Å²) in [6, 6.07) is 3.04. The van der Waals surface area contributed by atoms with E-state index in [2.05, 4.69) is 10.3 Å². The Hall–Kier alpha value is -2.63. The van der Waals surface area contributed by atoms with Crippen molar-refractivity contribution in [2.45, 2.75) is 46.1 Å². The van der Waals surface area contributed by atoms with E-state index in [0.29, 0.717) is 35.5 Å². The number of nitrogens with zero attached hydrogens (tertiary/aromatic N) is 1. The molecule has 0 aliphatic heterocycles. The predicted octanol–water partition coefficient (Wildman–Crippen LogP) is 2.67. The lowest BCUT2D eigenvalue weighted by Crippen LogP contribution is -2.21. The van der Waals surface area contributed by atoms with Crippen LogP contribution in [0.5, 0.6) is 0 Å². The van der Waals surface area contributed by atoms with Crippen molar-refractivity contribution in [2.24, 2.45) is 0 Å². The van der Waals surface area contributed by atoms with Gasteiger partial charge >= 0.3 is 0 Å². The standard InChI is InChI=1S/C18H21N3O3/c1-3-9-21-10-12(7-8-15(21)23)19-18(24)17-11(2)16-13(20-17)5-4-6-14(16)22/h7-8,10,20H,3-6,9H2,1-2H3,(H,19,24). The number of ketones is 1. The zero-order valence-electron chi connectivity index (χ0n) is 13.9. The summed E-state index contributed by atoms with van der Waals surface area (Å²) in [6.07, 6.45) is 4.62. The first-order chi connectivity index (χ1) is 11.5. The van der Waals surface area contributed by atoms with Gasteiger partial charge in [0.05, 0.1) is 5.69 Å². The molecule has 0 bridgehead atoms. The third-order valence-electron chi connectivity index (χ3n) is 4.37. The molecule has 0 saturated heterocycles. The minimum absolute atomic E-state index is 0.0908. The highest BCUT2D eigenvalue weighted by molar-refractivity contribution is 6.08. The summed E-state index contributed by atoms with van der Waals surface area (Å²) < 4.78 is 1.58. The first-order valence-electron chi connectivity index (χ1n) is 8.27. The number of carbonyl (C=O) groups excluding carboxylic acids is 2. The number of amides is 1. The Labute approximate surface area is 139 Å². The Bertz CT molecular complexity index is 861. The van der Waals surface area contributed by atoms with Crippen molar-refractivity contribution in [3.8, 4) is 0 Å². The summed E-state index contributed by atoms with van der Waals surface area (Å²) in [6.45, 7) is 4.39. The summed E-state index contributed by atoms with van der Waals surface area (Å²) in [7, 11) is 0. The molecule has 1 aliphatic rings. The Balaban J connectivity index is 1.87. The number of aromatic amines is 1. The second-order valence-corrected chi connectivity index (χ2v) is 6.16. The fraction of sp³-hybridized carbons (Fsp3) is 0.389. The summed E-state index contributed by atoms with van der Waals surface area (Å²) in [5.41, 5.74) is 3.11. The highest BCUT2D eigenvalue weighted by atomic mass is 16.2. The first-order valence-corrected chi connectivity index (χ1v) is 8.27. The van der Waals surface area contributed by atoms with Gasteiger partial charge < -0.3 is 14.9 Å². The lowest BCUT2D eigenvalue weighted by Gasteiger charge is -2.09. The van der Waals surface area contributed by atoms with E-state index in [0.717, 1.165) is 25.0 Å². The maximum absolute atomic E-state index is 12.6. The number of hydrogen-bond donors (Lipinski definition) is 2. The molecule has 2 aromatic rings. The van der Waals surface area contributed by atoms with E-state index in [1.54, 1.807) is 23.8 Å². The predicted molar refractivity (Wildman–Crippen MR) is 91.7 cm³/mol. The average Bonchev–Trinajstić information content (AvgIpc) is 2.89. The van der Waals surface area contributed by atoms with E-state index in [1.165, 1.54) is 6.07 Å². The number of fused-ring (bicyclic) bond motifs is 1. The van der Waals surface area contributed by atoms with Crippen LogP contribution in [0.25, 0.3) is 0 Å². The molecule has 0 fully saturated rings. The average molecular weight is 327 g/mol. The zero-order valence-corrected chi connectivity index (χ0v) is 13.9. The Kier molecular flexibility index (Phi) is 4.38. The van der Waals surface area contributed by atoms with Crippen molar-refractivity contribution in [3.05, 3.63) is 51.2 Å². The van der Waals surface area contributed by atoms with Gasteiger partial charge in [-0.3, -0.25) is 14.4 Å². The van der Waals surface area contributed by atoms with Gasteiger partial charge in [0.15, 0.2) is 5.78 Å². The minimum atomic E-state index is -0.295. The van der Waals surface area contributed by atoms with Gasteiger partial charge in [0.25, 0.3) is 11.5 Å². The maximum Gasteiger partial charge on any atom is 0.272 e. The second kappa shape index (κ2) is 6.47. The maximum atomic E-state index is 12.6. The van der Waals surface area contributed by atoms with Crippen molar-refractivity contribution in [2.75, 3.05) is 5.32 Å². The zero-order chi connectivity index (χ0) is 17.3. The number of hydrogen-bond acceptors (Lipinski definition) is 3. The molecule has 1 aliphatic carbocycles. The molecule has 0 aromatic carbocycles. The largest absolute Gasteiger partial charge is 0.354 e.